The molecule has 1 saturated carbocycles. The average molecular weight is 250 g/mol. The number of hydrogen-bond donors (Lipinski definition) is 2. The van der Waals surface area contributed by atoms with Crippen LogP contribution in [0.3, 0.4) is 0 Å². The van der Waals surface area contributed by atoms with E-state index in [1.165, 1.54) is 6.07 Å². The van der Waals surface area contributed by atoms with Gasteiger partial charge >= 0.3 is 0 Å². The molecule has 0 atom stereocenters. The molecule has 3 nitrogen and oxygen atoms in total. The monoisotopic (exact) mass is 250 g/mol. The molecule has 3 N–H and O–H groups in total. The zero-order chi connectivity index (χ0) is 13.1. The van der Waals surface area contributed by atoms with Gasteiger partial charge in [-0.25, -0.2) is 4.39 Å². The first-order valence-electron chi connectivity index (χ1n) is 6.39. The standard InChI is InChI=1S/C14H19FN2O/c1-9-2-7-12(15)13(8-9)17-14(18)10-3-5-11(16)6-4-10/h2,7-8,10-11H,3-6,16H2,1H3,(H,17,18). The van der Waals surface area contributed by atoms with Gasteiger partial charge in [-0.05, 0) is 50.3 Å². The van der Waals surface area contributed by atoms with E-state index in [-0.39, 0.29) is 29.4 Å². The van der Waals surface area contributed by atoms with Gasteiger partial charge in [-0.3, -0.25) is 4.79 Å². The molecule has 4 heteroatoms. The van der Waals surface area contributed by atoms with Crippen LogP contribution in [0.1, 0.15) is 31.2 Å². The largest absolute Gasteiger partial charge is 0.328 e. The van der Waals surface area contributed by atoms with Crippen LogP contribution in [0.4, 0.5) is 10.1 Å². The van der Waals surface area contributed by atoms with Gasteiger partial charge in [0.25, 0.3) is 0 Å². The zero-order valence-electron chi connectivity index (χ0n) is 10.6. The predicted molar refractivity (Wildman–Crippen MR) is 69.7 cm³/mol. The lowest BCUT2D eigenvalue weighted by molar-refractivity contribution is -0.120. The molecule has 1 aromatic rings. The highest BCUT2D eigenvalue weighted by Gasteiger charge is 2.25. The molecule has 0 unspecified atom stereocenters. The van der Waals surface area contributed by atoms with Gasteiger partial charge in [-0.1, -0.05) is 6.07 Å². The van der Waals surface area contributed by atoms with E-state index in [1.807, 2.05) is 6.92 Å². The minimum absolute atomic E-state index is 0.0373. The highest BCUT2D eigenvalue weighted by atomic mass is 19.1. The Hall–Kier alpha value is -1.42. The number of amides is 1. The molecule has 1 aromatic carbocycles. The van der Waals surface area contributed by atoms with Crippen LogP contribution in [-0.4, -0.2) is 11.9 Å². The van der Waals surface area contributed by atoms with E-state index in [0.717, 1.165) is 31.2 Å². The summed E-state index contributed by atoms with van der Waals surface area (Å²) in [4.78, 5) is 12.0. The maximum Gasteiger partial charge on any atom is 0.227 e. The van der Waals surface area contributed by atoms with Crippen molar-refractivity contribution in [2.75, 3.05) is 5.32 Å². The van der Waals surface area contributed by atoms with Gasteiger partial charge in [-0.2, -0.15) is 0 Å². The van der Waals surface area contributed by atoms with Gasteiger partial charge < -0.3 is 11.1 Å². The molecule has 0 aromatic heterocycles. The number of halogens is 1. The highest BCUT2D eigenvalue weighted by molar-refractivity contribution is 5.92. The number of carbonyl (C=O) groups is 1. The second-order valence-corrected chi connectivity index (χ2v) is 5.08. The van der Waals surface area contributed by atoms with E-state index >= 15 is 0 Å². The second kappa shape index (κ2) is 5.48. The van der Waals surface area contributed by atoms with E-state index in [1.54, 1.807) is 12.1 Å². The van der Waals surface area contributed by atoms with Crippen LogP contribution in [0.25, 0.3) is 0 Å². The lowest BCUT2D eigenvalue weighted by atomic mass is 9.86. The van der Waals surface area contributed by atoms with Crippen LogP contribution in [-0.2, 0) is 4.79 Å². The van der Waals surface area contributed by atoms with Crippen LogP contribution in [0.15, 0.2) is 18.2 Å². The van der Waals surface area contributed by atoms with Gasteiger partial charge in [0.15, 0.2) is 0 Å². The minimum atomic E-state index is -0.388. The molecule has 0 aliphatic heterocycles. The summed E-state index contributed by atoms with van der Waals surface area (Å²) in [7, 11) is 0. The summed E-state index contributed by atoms with van der Waals surface area (Å²) in [5, 5.41) is 2.68. The highest BCUT2D eigenvalue weighted by Crippen LogP contribution is 2.25. The van der Waals surface area contributed by atoms with Crippen molar-refractivity contribution in [1.29, 1.82) is 0 Å². The SMILES string of the molecule is Cc1ccc(F)c(NC(=O)C2CCC(N)CC2)c1. The lowest BCUT2D eigenvalue weighted by Crippen LogP contribution is -2.32. The van der Waals surface area contributed by atoms with Crippen LogP contribution < -0.4 is 11.1 Å². The van der Waals surface area contributed by atoms with Crippen molar-refractivity contribution >= 4 is 11.6 Å². The quantitative estimate of drug-likeness (QED) is 0.847. The maximum atomic E-state index is 13.5. The van der Waals surface area contributed by atoms with Crippen molar-refractivity contribution in [2.24, 2.45) is 11.7 Å². The number of carbonyl (C=O) groups excluding carboxylic acids is 1. The van der Waals surface area contributed by atoms with Crippen molar-refractivity contribution in [2.45, 2.75) is 38.6 Å². The number of aryl methyl sites for hydroxylation is 1. The van der Waals surface area contributed by atoms with E-state index in [0.29, 0.717) is 0 Å². The Kier molecular flexibility index (Phi) is 3.97. The van der Waals surface area contributed by atoms with Gasteiger partial charge in [0.1, 0.15) is 5.82 Å². The van der Waals surface area contributed by atoms with Crippen molar-refractivity contribution in [3.05, 3.63) is 29.6 Å². The van der Waals surface area contributed by atoms with Gasteiger partial charge in [0.05, 0.1) is 5.69 Å². The van der Waals surface area contributed by atoms with Crippen LogP contribution >= 0.6 is 0 Å². The normalized spacial score (nSPS) is 23.7. The van der Waals surface area contributed by atoms with Crippen molar-refractivity contribution in [1.82, 2.24) is 0 Å². The molecule has 1 aliphatic rings. The Morgan fingerprint density at radius 2 is 2.00 bits per heavy atom. The smallest absolute Gasteiger partial charge is 0.227 e. The third kappa shape index (κ3) is 3.07. The fourth-order valence-corrected chi connectivity index (χ4v) is 2.35. The maximum absolute atomic E-state index is 13.5. The molecule has 0 saturated heterocycles. The Balaban J connectivity index is 2.00. The lowest BCUT2D eigenvalue weighted by Gasteiger charge is -2.25. The molecule has 0 heterocycles. The molecule has 98 valence electrons. The number of nitrogens with one attached hydrogen (secondary N) is 1. The average Bonchev–Trinajstić information content (AvgIpc) is 2.34. The summed E-state index contributed by atoms with van der Waals surface area (Å²) in [6.45, 7) is 1.87. The summed E-state index contributed by atoms with van der Waals surface area (Å²) in [5.41, 5.74) is 7.00. The Labute approximate surface area is 107 Å². The number of anilines is 1. The number of rotatable bonds is 2. The Bertz CT molecular complexity index is 439. The van der Waals surface area contributed by atoms with Crippen molar-refractivity contribution in [3.8, 4) is 0 Å². The third-order valence-electron chi connectivity index (χ3n) is 3.52. The van der Waals surface area contributed by atoms with E-state index in [4.69, 9.17) is 5.73 Å². The molecule has 2 rings (SSSR count). The summed E-state index contributed by atoms with van der Waals surface area (Å²) in [5.74, 6) is -0.516. The molecule has 1 fully saturated rings. The Morgan fingerprint density at radius 1 is 1.33 bits per heavy atom. The Morgan fingerprint density at radius 3 is 2.67 bits per heavy atom. The van der Waals surface area contributed by atoms with Gasteiger partial charge in [-0.15, -0.1) is 0 Å². The summed E-state index contributed by atoms with van der Waals surface area (Å²) in [6, 6.07) is 4.93. The van der Waals surface area contributed by atoms with E-state index in [2.05, 4.69) is 5.32 Å². The summed E-state index contributed by atoms with van der Waals surface area (Å²) >= 11 is 0. The van der Waals surface area contributed by atoms with Crippen LogP contribution in [0.5, 0.6) is 0 Å². The molecule has 0 radical (unpaired) electrons. The van der Waals surface area contributed by atoms with Crippen molar-refractivity contribution in [3.63, 3.8) is 0 Å². The van der Waals surface area contributed by atoms with Crippen LogP contribution in [0, 0.1) is 18.7 Å². The summed E-state index contributed by atoms with van der Waals surface area (Å²) in [6.07, 6.45) is 3.32. The van der Waals surface area contributed by atoms with Gasteiger partial charge in [0, 0.05) is 12.0 Å². The predicted octanol–water partition coefficient (Wildman–Crippen LogP) is 2.59. The number of hydrogen-bond acceptors (Lipinski definition) is 2. The zero-order valence-corrected chi connectivity index (χ0v) is 10.6. The van der Waals surface area contributed by atoms with Crippen LogP contribution in [0.2, 0.25) is 0 Å². The molecular formula is C14H19FN2O. The fourth-order valence-electron chi connectivity index (χ4n) is 2.35. The molecule has 0 bridgehead atoms. The fraction of sp³-hybridized carbons (Fsp3) is 0.500. The summed E-state index contributed by atoms with van der Waals surface area (Å²) < 4.78 is 13.5. The topological polar surface area (TPSA) is 55.1 Å². The molecule has 1 aliphatic carbocycles. The third-order valence-corrected chi connectivity index (χ3v) is 3.52. The first-order chi connectivity index (χ1) is 8.56. The molecule has 1 amide bonds. The number of benzene rings is 1. The van der Waals surface area contributed by atoms with Crippen molar-refractivity contribution < 1.29 is 9.18 Å². The number of nitrogens with two attached hydrogens (primary N) is 1. The molecule has 18 heavy (non-hydrogen) atoms. The first-order valence-corrected chi connectivity index (χ1v) is 6.39. The molecule has 0 spiro atoms. The second-order valence-electron chi connectivity index (χ2n) is 5.08. The van der Waals surface area contributed by atoms with E-state index in [9.17, 15) is 9.18 Å². The minimum Gasteiger partial charge on any atom is -0.328 e. The first kappa shape index (κ1) is 13.0. The molecular weight excluding hydrogens is 231 g/mol. The van der Waals surface area contributed by atoms with Gasteiger partial charge in [0.2, 0.25) is 5.91 Å². The van der Waals surface area contributed by atoms with E-state index < -0.39 is 0 Å².